The minimum absolute atomic E-state index is 0.00631. The first-order valence-electron chi connectivity index (χ1n) is 6.50. The predicted octanol–water partition coefficient (Wildman–Crippen LogP) is 2.39. The van der Waals surface area contributed by atoms with E-state index in [1.807, 2.05) is 7.05 Å². The molecule has 3 nitrogen and oxygen atoms in total. The van der Waals surface area contributed by atoms with Crippen molar-refractivity contribution in [2.75, 3.05) is 20.1 Å². The summed E-state index contributed by atoms with van der Waals surface area (Å²) in [4.78, 5) is 2.51. The molecule has 0 aromatic carbocycles. The quantitative estimate of drug-likeness (QED) is 0.655. The minimum Gasteiger partial charge on any atom is -0.305 e. The largest absolute Gasteiger partial charge is 0.305 e. The molecule has 0 aliphatic carbocycles. The zero-order valence-electron chi connectivity index (χ0n) is 11.3. The summed E-state index contributed by atoms with van der Waals surface area (Å²) in [5.74, 6) is 0. The number of nitrogens with zero attached hydrogens (tertiary/aromatic N) is 2. The number of hydrogen-bond acceptors (Lipinski definition) is 3. The van der Waals surface area contributed by atoms with E-state index in [4.69, 9.17) is 5.26 Å². The van der Waals surface area contributed by atoms with Gasteiger partial charge in [0.05, 0.1) is 12.1 Å². The van der Waals surface area contributed by atoms with Crippen LogP contribution >= 0.6 is 0 Å². The number of rotatable bonds is 9. The molecule has 3 heteroatoms. The van der Waals surface area contributed by atoms with Gasteiger partial charge in [0.1, 0.15) is 0 Å². The first-order valence-corrected chi connectivity index (χ1v) is 6.50. The maximum atomic E-state index is 8.88. The van der Waals surface area contributed by atoms with Crippen molar-refractivity contribution in [2.24, 2.45) is 0 Å². The van der Waals surface area contributed by atoms with E-state index in [0.29, 0.717) is 6.04 Å². The molecule has 0 aromatic rings. The van der Waals surface area contributed by atoms with Crippen LogP contribution in [0.2, 0.25) is 0 Å². The molecule has 16 heavy (non-hydrogen) atoms. The van der Waals surface area contributed by atoms with Crippen molar-refractivity contribution in [1.82, 2.24) is 10.2 Å². The SMILES string of the molecule is CCCCN(CCC(C#N)NC)C(C)CC. The number of nitriles is 1. The maximum absolute atomic E-state index is 8.88. The highest BCUT2D eigenvalue weighted by Gasteiger charge is 2.13. The summed E-state index contributed by atoms with van der Waals surface area (Å²) in [6, 6.07) is 2.90. The third kappa shape index (κ3) is 6.09. The molecular formula is C13H27N3. The van der Waals surface area contributed by atoms with Crippen LogP contribution in [-0.4, -0.2) is 37.1 Å². The number of unbranched alkanes of at least 4 members (excludes halogenated alkanes) is 1. The van der Waals surface area contributed by atoms with Gasteiger partial charge in [-0.2, -0.15) is 5.26 Å². The summed E-state index contributed by atoms with van der Waals surface area (Å²) in [5, 5.41) is 11.9. The minimum atomic E-state index is -0.00631. The van der Waals surface area contributed by atoms with Crippen molar-refractivity contribution in [3.05, 3.63) is 0 Å². The molecule has 0 amide bonds. The Morgan fingerprint density at radius 1 is 1.31 bits per heavy atom. The van der Waals surface area contributed by atoms with Crippen LogP contribution in [0.1, 0.15) is 46.5 Å². The van der Waals surface area contributed by atoms with Crippen LogP contribution in [0.25, 0.3) is 0 Å². The molecule has 0 heterocycles. The molecule has 2 unspecified atom stereocenters. The van der Waals surface area contributed by atoms with Crippen molar-refractivity contribution in [1.29, 1.82) is 5.26 Å². The van der Waals surface area contributed by atoms with E-state index in [1.165, 1.54) is 19.3 Å². The average Bonchev–Trinajstić information content (AvgIpc) is 2.33. The zero-order chi connectivity index (χ0) is 12.4. The van der Waals surface area contributed by atoms with Crippen molar-refractivity contribution in [2.45, 2.75) is 58.5 Å². The van der Waals surface area contributed by atoms with Crippen LogP contribution in [0, 0.1) is 11.3 Å². The molecule has 0 aromatic heterocycles. The first kappa shape index (κ1) is 15.4. The van der Waals surface area contributed by atoms with Gasteiger partial charge in [0.25, 0.3) is 0 Å². The molecular weight excluding hydrogens is 198 g/mol. The van der Waals surface area contributed by atoms with E-state index in [0.717, 1.165) is 19.5 Å². The van der Waals surface area contributed by atoms with Gasteiger partial charge in [-0.3, -0.25) is 0 Å². The van der Waals surface area contributed by atoms with Gasteiger partial charge in [0, 0.05) is 12.6 Å². The normalized spacial score (nSPS) is 14.8. The Hall–Kier alpha value is -0.590. The lowest BCUT2D eigenvalue weighted by atomic mass is 10.1. The maximum Gasteiger partial charge on any atom is 0.0962 e. The lowest BCUT2D eigenvalue weighted by Gasteiger charge is -2.29. The fourth-order valence-electron chi connectivity index (χ4n) is 1.74. The van der Waals surface area contributed by atoms with Crippen LogP contribution in [0.5, 0.6) is 0 Å². The highest BCUT2D eigenvalue weighted by atomic mass is 15.1. The Balaban J connectivity index is 4.05. The zero-order valence-corrected chi connectivity index (χ0v) is 11.3. The second-order valence-corrected chi connectivity index (χ2v) is 4.41. The Kier molecular flexibility index (Phi) is 9.27. The summed E-state index contributed by atoms with van der Waals surface area (Å²) in [6.45, 7) is 8.90. The standard InChI is InChI=1S/C13H27N3/c1-5-7-9-16(12(3)6-2)10-8-13(11-14)15-4/h12-13,15H,5-10H2,1-4H3. The molecule has 0 bridgehead atoms. The molecule has 0 saturated carbocycles. The smallest absolute Gasteiger partial charge is 0.0962 e. The van der Waals surface area contributed by atoms with Crippen LogP contribution in [0.3, 0.4) is 0 Å². The summed E-state index contributed by atoms with van der Waals surface area (Å²) in [6.07, 6.45) is 4.59. The van der Waals surface area contributed by atoms with E-state index < -0.39 is 0 Å². The first-order chi connectivity index (χ1) is 7.69. The third-order valence-electron chi connectivity index (χ3n) is 3.22. The Labute approximate surface area is 101 Å². The molecule has 2 atom stereocenters. The predicted molar refractivity (Wildman–Crippen MR) is 69.3 cm³/mol. The molecule has 0 radical (unpaired) electrons. The summed E-state index contributed by atoms with van der Waals surface area (Å²) < 4.78 is 0. The van der Waals surface area contributed by atoms with Gasteiger partial charge in [-0.1, -0.05) is 20.3 Å². The monoisotopic (exact) mass is 225 g/mol. The van der Waals surface area contributed by atoms with Gasteiger partial charge in [-0.25, -0.2) is 0 Å². The molecule has 0 spiro atoms. The van der Waals surface area contributed by atoms with E-state index >= 15 is 0 Å². The Morgan fingerprint density at radius 3 is 2.44 bits per heavy atom. The highest BCUT2D eigenvalue weighted by molar-refractivity contribution is 4.89. The highest BCUT2D eigenvalue weighted by Crippen LogP contribution is 2.07. The molecule has 0 aliphatic rings. The fourth-order valence-corrected chi connectivity index (χ4v) is 1.74. The van der Waals surface area contributed by atoms with E-state index in [1.54, 1.807) is 0 Å². The lowest BCUT2D eigenvalue weighted by molar-refractivity contribution is 0.195. The number of nitrogens with one attached hydrogen (secondary N) is 1. The topological polar surface area (TPSA) is 39.1 Å². The van der Waals surface area contributed by atoms with Gasteiger partial charge in [0.2, 0.25) is 0 Å². The van der Waals surface area contributed by atoms with E-state index in [2.05, 4.69) is 37.1 Å². The lowest BCUT2D eigenvalue weighted by Crippen LogP contribution is -2.37. The molecule has 1 N–H and O–H groups in total. The molecule has 0 saturated heterocycles. The van der Waals surface area contributed by atoms with Crippen molar-refractivity contribution < 1.29 is 0 Å². The van der Waals surface area contributed by atoms with Crippen LogP contribution in [0.4, 0.5) is 0 Å². The summed E-state index contributed by atoms with van der Waals surface area (Å²) >= 11 is 0. The van der Waals surface area contributed by atoms with Crippen LogP contribution < -0.4 is 5.32 Å². The summed E-state index contributed by atoms with van der Waals surface area (Å²) in [7, 11) is 1.85. The van der Waals surface area contributed by atoms with E-state index in [9.17, 15) is 0 Å². The van der Waals surface area contributed by atoms with Gasteiger partial charge in [-0.15, -0.1) is 0 Å². The average molecular weight is 225 g/mol. The number of hydrogen-bond donors (Lipinski definition) is 1. The molecule has 0 fully saturated rings. The molecule has 94 valence electrons. The van der Waals surface area contributed by atoms with Crippen LogP contribution in [0.15, 0.2) is 0 Å². The fraction of sp³-hybridized carbons (Fsp3) is 0.923. The van der Waals surface area contributed by atoms with Gasteiger partial charge >= 0.3 is 0 Å². The van der Waals surface area contributed by atoms with E-state index in [-0.39, 0.29) is 6.04 Å². The second-order valence-electron chi connectivity index (χ2n) is 4.41. The van der Waals surface area contributed by atoms with Crippen molar-refractivity contribution in [3.63, 3.8) is 0 Å². The van der Waals surface area contributed by atoms with Crippen LogP contribution in [-0.2, 0) is 0 Å². The van der Waals surface area contributed by atoms with Crippen molar-refractivity contribution in [3.8, 4) is 6.07 Å². The van der Waals surface area contributed by atoms with Gasteiger partial charge < -0.3 is 10.2 Å². The molecule has 0 rings (SSSR count). The van der Waals surface area contributed by atoms with Crippen molar-refractivity contribution >= 4 is 0 Å². The van der Waals surface area contributed by atoms with Gasteiger partial charge in [-0.05, 0) is 39.8 Å². The Bertz CT molecular complexity index is 198. The van der Waals surface area contributed by atoms with Gasteiger partial charge in [0.15, 0.2) is 0 Å². The Morgan fingerprint density at radius 2 is 2.00 bits per heavy atom. The second kappa shape index (κ2) is 9.62. The third-order valence-corrected chi connectivity index (χ3v) is 3.22. The summed E-state index contributed by atoms with van der Waals surface area (Å²) in [5.41, 5.74) is 0. The molecule has 0 aliphatic heterocycles.